The Morgan fingerprint density at radius 2 is 1.74 bits per heavy atom. The topological polar surface area (TPSA) is 55.1 Å². The highest BCUT2D eigenvalue weighted by Crippen LogP contribution is 2.28. The number of hydrogen-bond acceptors (Lipinski definition) is 2. The van der Waals surface area contributed by atoms with Crippen LogP contribution >= 0.6 is 11.6 Å². The van der Waals surface area contributed by atoms with Gasteiger partial charge in [0.05, 0.1) is 6.04 Å². The van der Waals surface area contributed by atoms with Crippen molar-refractivity contribution in [2.75, 3.05) is 6.54 Å². The molecule has 2 rings (SSSR count). The van der Waals surface area contributed by atoms with Crippen LogP contribution in [0.4, 0.5) is 0 Å². The highest BCUT2D eigenvalue weighted by atomic mass is 35.5. The number of amides is 1. The largest absolute Gasteiger partial charge is 0.354 e. The molecule has 0 heterocycles. The first-order chi connectivity index (χ1) is 10.9. The van der Waals surface area contributed by atoms with E-state index < -0.39 is 6.04 Å². The molecule has 0 aliphatic carbocycles. The Kier molecular flexibility index (Phi) is 5.80. The Bertz CT molecular complexity index is 655. The molecule has 0 aromatic heterocycles. The molecule has 23 heavy (non-hydrogen) atoms. The molecule has 0 saturated carbocycles. The zero-order chi connectivity index (χ0) is 16.9. The number of halogens is 1. The van der Waals surface area contributed by atoms with Gasteiger partial charge in [0, 0.05) is 17.0 Å². The van der Waals surface area contributed by atoms with Crippen molar-refractivity contribution in [2.45, 2.75) is 31.7 Å². The second-order valence-corrected chi connectivity index (χ2v) is 6.78. The van der Waals surface area contributed by atoms with Gasteiger partial charge in [-0.25, -0.2) is 0 Å². The summed E-state index contributed by atoms with van der Waals surface area (Å²) in [6, 6.07) is 16.9. The van der Waals surface area contributed by atoms with E-state index in [4.69, 9.17) is 17.3 Å². The van der Waals surface area contributed by atoms with E-state index in [9.17, 15) is 4.79 Å². The molecule has 0 aliphatic heterocycles. The van der Waals surface area contributed by atoms with Gasteiger partial charge in [0.25, 0.3) is 0 Å². The molecule has 3 nitrogen and oxygen atoms in total. The molecule has 4 heteroatoms. The molecule has 2 aromatic carbocycles. The molecule has 0 spiro atoms. The molecule has 0 saturated heterocycles. The molecular formula is C19H23ClN2O. The van der Waals surface area contributed by atoms with E-state index in [0.717, 1.165) is 11.1 Å². The van der Waals surface area contributed by atoms with Gasteiger partial charge in [0.1, 0.15) is 0 Å². The Morgan fingerprint density at radius 3 is 2.39 bits per heavy atom. The van der Waals surface area contributed by atoms with Crippen LogP contribution in [0.15, 0.2) is 54.6 Å². The standard InChI is InChI=1S/C19H23ClN2O/c1-19(2,15-10-6-7-11-16(15)20)13-22-18(23)17(21)12-14-8-4-3-5-9-14/h3-11,17H,12-13,21H2,1-2H3,(H,22,23)/t17-/m0/s1. The van der Waals surface area contributed by atoms with Crippen molar-refractivity contribution in [3.05, 3.63) is 70.7 Å². The molecule has 0 radical (unpaired) electrons. The van der Waals surface area contributed by atoms with Gasteiger partial charge in [-0.15, -0.1) is 0 Å². The second-order valence-electron chi connectivity index (χ2n) is 6.38. The van der Waals surface area contributed by atoms with Crippen LogP contribution in [0.25, 0.3) is 0 Å². The Labute approximate surface area is 142 Å². The average Bonchev–Trinajstić information content (AvgIpc) is 2.54. The summed E-state index contributed by atoms with van der Waals surface area (Å²) in [6.07, 6.45) is 0.527. The lowest BCUT2D eigenvalue weighted by Gasteiger charge is -2.27. The lowest BCUT2D eigenvalue weighted by Crippen LogP contribution is -2.46. The third-order valence-corrected chi connectivity index (χ3v) is 4.27. The molecule has 2 aromatic rings. The molecule has 122 valence electrons. The highest BCUT2D eigenvalue weighted by Gasteiger charge is 2.25. The molecule has 1 atom stereocenters. The zero-order valence-electron chi connectivity index (χ0n) is 13.6. The molecule has 0 unspecified atom stereocenters. The van der Waals surface area contributed by atoms with E-state index in [-0.39, 0.29) is 11.3 Å². The maximum atomic E-state index is 12.2. The van der Waals surface area contributed by atoms with Crippen molar-refractivity contribution in [3.63, 3.8) is 0 Å². The minimum atomic E-state index is -0.556. The first-order valence-corrected chi connectivity index (χ1v) is 8.10. The lowest BCUT2D eigenvalue weighted by atomic mass is 9.84. The number of benzene rings is 2. The van der Waals surface area contributed by atoms with Gasteiger partial charge in [0.2, 0.25) is 5.91 Å². The Morgan fingerprint density at radius 1 is 1.13 bits per heavy atom. The van der Waals surface area contributed by atoms with Crippen LogP contribution in [0.5, 0.6) is 0 Å². The van der Waals surface area contributed by atoms with Gasteiger partial charge in [0.15, 0.2) is 0 Å². The van der Waals surface area contributed by atoms with E-state index in [2.05, 4.69) is 19.2 Å². The first kappa shape index (κ1) is 17.5. The van der Waals surface area contributed by atoms with Gasteiger partial charge in [-0.3, -0.25) is 4.79 Å². The van der Waals surface area contributed by atoms with Crippen molar-refractivity contribution in [1.82, 2.24) is 5.32 Å². The van der Waals surface area contributed by atoms with Crippen LogP contribution in [0, 0.1) is 0 Å². The zero-order valence-corrected chi connectivity index (χ0v) is 14.3. The second kappa shape index (κ2) is 7.62. The number of nitrogens with one attached hydrogen (secondary N) is 1. The fourth-order valence-electron chi connectivity index (χ4n) is 2.51. The fourth-order valence-corrected chi connectivity index (χ4v) is 2.90. The minimum Gasteiger partial charge on any atom is -0.354 e. The van der Waals surface area contributed by atoms with Crippen molar-refractivity contribution >= 4 is 17.5 Å². The summed E-state index contributed by atoms with van der Waals surface area (Å²) in [7, 11) is 0. The van der Waals surface area contributed by atoms with Crippen LogP contribution in [-0.4, -0.2) is 18.5 Å². The van der Waals surface area contributed by atoms with Gasteiger partial charge < -0.3 is 11.1 Å². The number of nitrogens with two attached hydrogens (primary N) is 1. The number of carbonyl (C=O) groups excluding carboxylic acids is 1. The van der Waals surface area contributed by atoms with Crippen LogP contribution in [0.1, 0.15) is 25.0 Å². The van der Waals surface area contributed by atoms with E-state index in [1.807, 2.05) is 54.6 Å². The summed E-state index contributed by atoms with van der Waals surface area (Å²) in [6.45, 7) is 4.59. The molecular weight excluding hydrogens is 308 g/mol. The van der Waals surface area contributed by atoms with Crippen LogP contribution in [0.2, 0.25) is 5.02 Å². The van der Waals surface area contributed by atoms with E-state index in [1.165, 1.54) is 0 Å². The van der Waals surface area contributed by atoms with Crippen molar-refractivity contribution < 1.29 is 4.79 Å². The van der Waals surface area contributed by atoms with Gasteiger partial charge >= 0.3 is 0 Å². The first-order valence-electron chi connectivity index (χ1n) is 7.72. The monoisotopic (exact) mass is 330 g/mol. The smallest absolute Gasteiger partial charge is 0.237 e. The third kappa shape index (κ3) is 4.81. The maximum absolute atomic E-state index is 12.2. The molecule has 0 bridgehead atoms. The van der Waals surface area contributed by atoms with Crippen LogP contribution < -0.4 is 11.1 Å². The van der Waals surface area contributed by atoms with Gasteiger partial charge in [-0.2, -0.15) is 0 Å². The number of hydrogen-bond donors (Lipinski definition) is 2. The summed E-state index contributed by atoms with van der Waals surface area (Å²) < 4.78 is 0. The summed E-state index contributed by atoms with van der Waals surface area (Å²) in [4.78, 5) is 12.2. The molecule has 3 N–H and O–H groups in total. The summed E-state index contributed by atoms with van der Waals surface area (Å²) in [5, 5.41) is 3.65. The van der Waals surface area contributed by atoms with E-state index >= 15 is 0 Å². The van der Waals surface area contributed by atoms with Crippen LogP contribution in [-0.2, 0) is 16.6 Å². The summed E-state index contributed by atoms with van der Waals surface area (Å²) in [5.74, 6) is -0.144. The highest BCUT2D eigenvalue weighted by molar-refractivity contribution is 6.31. The van der Waals surface area contributed by atoms with Gasteiger partial charge in [-0.1, -0.05) is 74.0 Å². The maximum Gasteiger partial charge on any atom is 0.237 e. The number of carbonyl (C=O) groups is 1. The van der Waals surface area contributed by atoms with Crippen molar-refractivity contribution in [3.8, 4) is 0 Å². The average molecular weight is 331 g/mol. The summed E-state index contributed by atoms with van der Waals surface area (Å²) in [5.41, 5.74) is 7.81. The van der Waals surface area contributed by atoms with Crippen molar-refractivity contribution in [1.29, 1.82) is 0 Å². The predicted octanol–water partition coefficient (Wildman–Crippen LogP) is 3.30. The quantitative estimate of drug-likeness (QED) is 0.853. The SMILES string of the molecule is CC(C)(CNC(=O)[C@@H](N)Cc1ccccc1)c1ccccc1Cl. The Hall–Kier alpha value is -1.84. The Balaban J connectivity index is 1.94. The molecule has 0 aliphatic rings. The number of rotatable bonds is 6. The predicted molar refractivity (Wildman–Crippen MR) is 95.6 cm³/mol. The lowest BCUT2D eigenvalue weighted by molar-refractivity contribution is -0.122. The van der Waals surface area contributed by atoms with Crippen molar-refractivity contribution in [2.24, 2.45) is 5.73 Å². The van der Waals surface area contributed by atoms with E-state index in [0.29, 0.717) is 18.0 Å². The molecule has 0 fully saturated rings. The molecule has 1 amide bonds. The van der Waals surface area contributed by atoms with E-state index in [1.54, 1.807) is 0 Å². The summed E-state index contributed by atoms with van der Waals surface area (Å²) >= 11 is 6.26. The fraction of sp³-hybridized carbons (Fsp3) is 0.316. The van der Waals surface area contributed by atoms with Crippen LogP contribution in [0.3, 0.4) is 0 Å². The minimum absolute atomic E-state index is 0.144. The normalized spacial score (nSPS) is 12.7. The third-order valence-electron chi connectivity index (χ3n) is 3.94. The van der Waals surface area contributed by atoms with Gasteiger partial charge in [-0.05, 0) is 23.6 Å².